The zero-order valence-electron chi connectivity index (χ0n) is 13.3. The Balaban J connectivity index is 1.64. The van der Waals surface area contributed by atoms with Gasteiger partial charge in [-0.2, -0.15) is 0 Å². The average Bonchev–Trinajstić information content (AvgIpc) is 3.06. The summed E-state index contributed by atoms with van der Waals surface area (Å²) in [5.41, 5.74) is -0.309. The second-order valence-corrected chi connectivity index (χ2v) is 7.80. The fourth-order valence-corrected chi connectivity index (χ4v) is 3.17. The van der Waals surface area contributed by atoms with Crippen molar-refractivity contribution in [3.63, 3.8) is 0 Å². The quantitative estimate of drug-likeness (QED) is 0.649. The monoisotopic (exact) mass is 365 g/mol. The maximum absolute atomic E-state index is 12.2. The lowest BCUT2D eigenvalue weighted by atomic mass is 10.1. The standard InChI is InChI=1S/C18H17Cl2NO3/c1-11(24-16(23)17(2)10-18(17,19)20)15(22)21-14-8-7-12-5-3-4-6-13(12)9-14/h3-9,11H,10H2,1-2H3,(H,21,22). The van der Waals surface area contributed by atoms with E-state index in [4.69, 9.17) is 27.9 Å². The summed E-state index contributed by atoms with van der Waals surface area (Å²) in [6, 6.07) is 13.4. The minimum absolute atomic E-state index is 0.320. The summed E-state index contributed by atoms with van der Waals surface area (Å²) in [7, 11) is 0. The molecule has 2 aromatic rings. The lowest BCUT2D eigenvalue weighted by molar-refractivity contribution is -0.158. The maximum Gasteiger partial charge on any atom is 0.315 e. The topological polar surface area (TPSA) is 55.4 Å². The summed E-state index contributed by atoms with van der Waals surface area (Å²) in [6.45, 7) is 3.15. The van der Waals surface area contributed by atoms with E-state index in [0.717, 1.165) is 10.8 Å². The molecule has 0 aromatic heterocycles. The second kappa shape index (κ2) is 5.94. The van der Waals surface area contributed by atoms with Crippen molar-refractivity contribution in [1.82, 2.24) is 0 Å². The van der Waals surface area contributed by atoms with E-state index in [1.54, 1.807) is 13.0 Å². The number of ether oxygens (including phenoxy) is 1. The molecule has 126 valence electrons. The first-order chi connectivity index (χ1) is 11.2. The highest BCUT2D eigenvalue weighted by Crippen LogP contribution is 2.64. The van der Waals surface area contributed by atoms with Crippen LogP contribution in [0.25, 0.3) is 10.8 Å². The summed E-state index contributed by atoms with van der Waals surface area (Å²) in [4.78, 5) is 24.4. The van der Waals surface area contributed by atoms with Crippen LogP contribution < -0.4 is 5.32 Å². The Kier molecular flexibility index (Phi) is 4.22. The molecule has 6 heteroatoms. The molecule has 0 aliphatic heterocycles. The van der Waals surface area contributed by atoms with E-state index >= 15 is 0 Å². The minimum atomic E-state index is -1.11. The van der Waals surface area contributed by atoms with Gasteiger partial charge in [-0.3, -0.25) is 9.59 Å². The third-order valence-corrected chi connectivity index (χ3v) is 5.48. The largest absolute Gasteiger partial charge is 0.452 e. The lowest BCUT2D eigenvalue weighted by Gasteiger charge is -2.17. The first kappa shape index (κ1) is 17.1. The van der Waals surface area contributed by atoms with Gasteiger partial charge in [0, 0.05) is 12.1 Å². The smallest absolute Gasteiger partial charge is 0.315 e. The fourth-order valence-electron chi connectivity index (χ4n) is 2.48. The number of alkyl halides is 2. The van der Waals surface area contributed by atoms with Gasteiger partial charge in [0.05, 0.1) is 0 Å². The van der Waals surface area contributed by atoms with Gasteiger partial charge in [0.15, 0.2) is 6.10 Å². The molecule has 1 saturated carbocycles. The molecular formula is C18H17Cl2NO3. The summed E-state index contributed by atoms with van der Waals surface area (Å²) in [5.74, 6) is -0.966. The van der Waals surface area contributed by atoms with E-state index in [2.05, 4.69) is 5.32 Å². The van der Waals surface area contributed by atoms with Crippen LogP contribution in [0.5, 0.6) is 0 Å². The number of carbonyl (C=O) groups excluding carboxylic acids is 2. The highest BCUT2D eigenvalue weighted by atomic mass is 35.5. The molecule has 1 fully saturated rings. The summed E-state index contributed by atoms with van der Waals surface area (Å²) < 4.78 is 4.10. The highest BCUT2D eigenvalue weighted by Gasteiger charge is 2.69. The van der Waals surface area contributed by atoms with Crippen LogP contribution >= 0.6 is 23.2 Å². The van der Waals surface area contributed by atoms with Crippen LogP contribution in [0.15, 0.2) is 42.5 Å². The third kappa shape index (κ3) is 3.08. The molecule has 0 saturated heterocycles. The molecule has 4 nitrogen and oxygen atoms in total. The molecule has 2 atom stereocenters. The summed E-state index contributed by atoms with van der Waals surface area (Å²) in [6.07, 6.45) is -0.619. The van der Waals surface area contributed by atoms with E-state index in [1.165, 1.54) is 6.92 Å². The first-order valence-corrected chi connectivity index (χ1v) is 8.37. The number of esters is 1. The van der Waals surface area contributed by atoms with Crippen molar-refractivity contribution >= 4 is 51.5 Å². The van der Waals surface area contributed by atoms with E-state index in [0.29, 0.717) is 12.1 Å². The number of anilines is 1. The van der Waals surface area contributed by atoms with Gasteiger partial charge in [0.1, 0.15) is 9.75 Å². The normalized spacial score (nSPS) is 22.7. The number of benzene rings is 2. The van der Waals surface area contributed by atoms with Crippen molar-refractivity contribution in [1.29, 1.82) is 0 Å². The lowest BCUT2D eigenvalue weighted by Crippen LogP contribution is -2.33. The van der Waals surface area contributed by atoms with Crippen molar-refractivity contribution in [3.8, 4) is 0 Å². The Hall–Kier alpha value is -1.78. The number of hydrogen-bond donors (Lipinski definition) is 1. The van der Waals surface area contributed by atoms with E-state index in [-0.39, 0.29) is 0 Å². The van der Waals surface area contributed by atoms with Crippen LogP contribution in [0.2, 0.25) is 0 Å². The number of carbonyl (C=O) groups is 2. The SMILES string of the molecule is CC(OC(=O)C1(C)CC1(Cl)Cl)C(=O)Nc1ccc2ccccc2c1. The van der Waals surface area contributed by atoms with Crippen molar-refractivity contribution < 1.29 is 14.3 Å². The van der Waals surface area contributed by atoms with Gasteiger partial charge in [-0.25, -0.2) is 0 Å². The molecule has 3 rings (SSSR count). The Labute approximate surface area is 150 Å². The number of amides is 1. The predicted octanol–water partition coefficient (Wildman–Crippen LogP) is 4.29. The second-order valence-electron chi connectivity index (χ2n) is 6.31. The van der Waals surface area contributed by atoms with Gasteiger partial charge in [-0.15, -0.1) is 23.2 Å². The Bertz CT molecular complexity index is 821. The van der Waals surface area contributed by atoms with Gasteiger partial charge in [0.25, 0.3) is 5.91 Å². The predicted molar refractivity (Wildman–Crippen MR) is 95.3 cm³/mol. The molecule has 0 radical (unpaired) electrons. The van der Waals surface area contributed by atoms with Gasteiger partial charge < -0.3 is 10.1 Å². The number of hydrogen-bond acceptors (Lipinski definition) is 3. The Morgan fingerprint density at radius 3 is 2.42 bits per heavy atom. The Morgan fingerprint density at radius 1 is 1.17 bits per heavy atom. The molecule has 24 heavy (non-hydrogen) atoms. The number of halogens is 2. The van der Waals surface area contributed by atoms with Crippen molar-refractivity contribution in [2.24, 2.45) is 5.41 Å². The molecule has 0 bridgehead atoms. The fraction of sp³-hybridized carbons (Fsp3) is 0.333. The zero-order valence-corrected chi connectivity index (χ0v) is 14.8. The average molecular weight is 366 g/mol. The zero-order chi connectivity index (χ0) is 17.5. The van der Waals surface area contributed by atoms with Gasteiger partial charge in [0.2, 0.25) is 0 Å². The third-order valence-electron chi connectivity index (χ3n) is 4.38. The van der Waals surface area contributed by atoms with Crippen LogP contribution in [0.1, 0.15) is 20.3 Å². The van der Waals surface area contributed by atoms with Crippen LogP contribution in [0.4, 0.5) is 5.69 Å². The summed E-state index contributed by atoms with van der Waals surface area (Å²) >= 11 is 11.9. The molecule has 1 aliphatic rings. The molecular weight excluding hydrogens is 349 g/mol. The first-order valence-electron chi connectivity index (χ1n) is 7.61. The number of fused-ring (bicyclic) bond motifs is 1. The molecule has 1 N–H and O–H groups in total. The molecule has 1 amide bonds. The molecule has 2 aromatic carbocycles. The molecule has 0 spiro atoms. The van der Waals surface area contributed by atoms with E-state index in [1.807, 2.05) is 36.4 Å². The summed E-state index contributed by atoms with van der Waals surface area (Å²) in [5, 5.41) is 4.84. The maximum atomic E-state index is 12.2. The number of nitrogens with one attached hydrogen (secondary N) is 1. The van der Waals surface area contributed by atoms with Crippen LogP contribution in [-0.2, 0) is 14.3 Å². The van der Waals surface area contributed by atoms with Crippen LogP contribution in [0, 0.1) is 5.41 Å². The molecule has 2 unspecified atom stereocenters. The van der Waals surface area contributed by atoms with E-state index in [9.17, 15) is 9.59 Å². The highest BCUT2D eigenvalue weighted by molar-refractivity contribution is 6.53. The van der Waals surface area contributed by atoms with Gasteiger partial charge >= 0.3 is 5.97 Å². The van der Waals surface area contributed by atoms with Crippen molar-refractivity contribution in [3.05, 3.63) is 42.5 Å². The molecule has 0 heterocycles. The van der Waals surface area contributed by atoms with E-state index < -0.39 is 27.7 Å². The van der Waals surface area contributed by atoms with Crippen molar-refractivity contribution in [2.45, 2.75) is 30.7 Å². The molecule has 1 aliphatic carbocycles. The Morgan fingerprint density at radius 2 is 1.79 bits per heavy atom. The minimum Gasteiger partial charge on any atom is -0.452 e. The van der Waals surface area contributed by atoms with Gasteiger partial charge in [-0.05, 0) is 36.8 Å². The van der Waals surface area contributed by atoms with Crippen molar-refractivity contribution in [2.75, 3.05) is 5.32 Å². The van der Waals surface area contributed by atoms with Gasteiger partial charge in [-0.1, -0.05) is 30.3 Å². The number of rotatable bonds is 4. The van der Waals surface area contributed by atoms with Crippen LogP contribution in [-0.4, -0.2) is 22.3 Å². The van der Waals surface area contributed by atoms with Crippen LogP contribution in [0.3, 0.4) is 0 Å².